The Balaban J connectivity index is 1.50. The number of ether oxygens (including phenoxy) is 1. The first-order chi connectivity index (χ1) is 14.6. The number of nitrogens with one attached hydrogen (secondary N) is 1. The van der Waals surface area contributed by atoms with Crippen molar-refractivity contribution in [3.8, 4) is 5.75 Å². The number of aromatic nitrogens is 3. The smallest absolute Gasteiger partial charge is 0.291 e. The van der Waals surface area contributed by atoms with Crippen molar-refractivity contribution in [2.24, 2.45) is 7.05 Å². The first kappa shape index (κ1) is 19.7. The zero-order chi connectivity index (χ0) is 21.1. The summed E-state index contributed by atoms with van der Waals surface area (Å²) in [7, 11) is 1.61. The molecule has 2 aromatic heterocycles. The molecule has 0 bridgehead atoms. The maximum atomic E-state index is 12.7. The highest BCUT2D eigenvalue weighted by molar-refractivity contribution is 6.07. The summed E-state index contributed by atoms with van der Waals surface area (Å²) in [5.74, 6) is 0.704. The molecule has 0 aliphatic carbocycles. The van der Waals surface area contributed by atoms with Crippen LogP contribution in [0.3, 0.4) is 0 Å². The zero-order valence-electron chi connectivity index (χ0n) is 17.1. The molecule has 0 aliphatic rings. The van der Waals surface area contributed by atoms with Gasteiger partial charge in [0.1, 0.15) is 17.8 Å². The maximum Gasteiger partial charge on any atom is 0.291 e. The molecule has 0 unspecified atom stereocenters. The number of para-hydroxylation sites is 1. The van der Waals surface area contributed by atoms with Gasteiger partial charge in [-0.25, -0.2) is 4.68 Å². The number of rotatable bonds is 7. The summed E-state index contributed by atoms with van der Waals surface area (Å²) in [6.07, 6.45) is 2.40. The molecule has 0 fully saturated rings. The van der Waals surface area contributed by atoms with Gasteiger partial charge in [-0.2, -0.15) is 5.10 Å². The maximum absolute atomic E-state index is 12.7. The molecule has 0 saturated heterocycles. The molecule has 154 valence electrons. The van der Waals surface area contributed by atoms with Gasteiger partial charge >= 0.3 is 0 Å². The van der Waals surface area contributed by atoms with Crippen LogP contribution in [0.1, 0.15) is 12.5 Å². The highest BCUT2D eigenvalue weighted by Crippen LogP contribution is 2.26. The Morgan fingerprint density at radius 1 is 1.10 bits per heavy atom. The number of hydrogen-bond acceptors (Lipinski definition) is 4. The molecule has 2 aromatic carbocycles. The lowest BCUT2D eigenvalue weighted by atomic mass is 10.1. The summed E-state index contributed by atoms with van der Waals surface area (Å²) < 4.78 is 8.52. The Kier molecular flexibility index (Phi) is 5.52. The van der Waals surface area contributed by atoms with Crippen LogP contribution in [0.5, 0.6) is 5.75 Å². The minimum absolute atomic E-state index is 0.0759. The molecule has 1 N–H and O–H groups in total. The molecule has 4 rings (SSSR count). The van der Waals surface area contributed by atoms with Crippen molar-refractivity contribution in [2.75, 3.05) is 13.2 Å². The summed E-state index contributed by atoms with van der Waals surface area (Å²) in [5.41, 5.74) is 2.25. The minimum atomic E-state index is -0.217. The van der Waals surface area contributed by atoms with Gasteiger partial charge in [-0.1, -0.05) is 30.3 Å². The predicted molar refractivity (Wildman–Crippen MR) is 117 cm³/mol. The Labute approximate surface area is 173 Å². The molecule has 0 atom stereocenters. The summed E-state index contributed by atoms with van der Waals surface area (Å²) in [6.45, 7) is 3.18. The van der Waals surface area contributed by atoms with Crippen LogP contribution >= 0.6 is 0 Å². The molecule has 0 spiro atoms. The monoisotopic (exact) mass is 404 g/mol. The standard InChI is InChI=1S/C23H24N4O3/c1-3-30-17-10-8-16(9-11-17)12-13-24-21(28)15-27-20-7-5-4-6-18(20)19-14-25-26(2)23(29)22(19)27/h4-11,14H,3,12-13,15H2,1-2H3,(H,24,28). The van der Waals surface area contributed by atoms with Gasteiger partial charge in [0, 0.05) is 29.9 Å². The Morgan fingerprint density at radius 3 is 2.63 bits per heavy atom. The van der Waals surface area contributed by atoms with Crippen LogP contribution in [0.4, 0.5) is 0 Å². The van der Waals surface area contributed by atoms with E-state index in [1.54, 1.807) is 17.8 Å². The Hall–Kier alpha value is -3.61. The van der Waals surface area contributed by atoms with Crippen LogP contribution in [0.15, 0.2) is 59.5 Å². The van der Waals surface area contributed by atoms with Gasteiger partial charge in [-0.15, -0.1) is 0 Å². The zero-order valence-corrected chi connectivity index (χ0v) is 17.1. The van der Waals surface area contributed by atoms with Crippen LogP contribution in [0.2, 0.25) is 0 Å². The third-order valence-electron chi connectivity index (χ3n) is 5.14. The second kappa shape index (κ2) is 8.41. The molecular weight excluding hydrogens is 380 g/mol. The highest BCUT2D eigenvalue weighted by Gasteiger charge is 2.16. The topological polar surface area (TPSA) is 78.2 Å². The number of carbonyl (C=O) groups excluding carboxylic acids is 1. The fourth-order valence-corrected chi connectivity index (χ4v) is 3.67. The van der Waals surface area contributed by atoms with Crippen molar-refractivity contribution >= 4 is 27.7 Å². The van der Waals surface area contributed by atoms with Gasteiger partial charge in [0.25, 0.3) is 5.56 Å². The second-order valence-electron chi connectivity index (χ2n) is 7.12. The molecule has 0 aliphatic heterocycles. The number of fused-ring (bicyclic) bond motifs is 3. The van der Waals surface area contributed by atoms with Crippen molar-refractivity contribution in [3.63, 3.8) is 0 Å². The fraction of sp³-hybridized carbons (Fsp3) is 0.261. The van der Waals surface area contributed by atoms with Gasteiger partial charge < -0.3 is 14.6 Å². The molecule has 1 amide bonds. The summed E-state index contributed by atoms with van der Waals surface area (Å²) >= 11 is 0. The first-order valence-corrected chi connectivity index (χ1v) is 10.00. The number of nitrogens with zero attached hydrogens (tertiary/aromatic N) is 3. The molecule has 7 nitrogen and oxygen atoms in total. The second-order valence-corrected chi connectivity index (χ2v) is 7.12. The number of carbonyl (C=O) groups is 1. The van der Waals surface area contributed by atoms with Crippen LogP contribution in [0, 0.1) is 0 Å². The lowest BCUT2D eigenvalue weighted by Crippen LogP contribution is -2.30. The number of aryl methyl sites for hydroxylation is 1. The van der Waals surface area contributed by atoms with E-state index in [-0.39, 0.29) is 18.0 Å². The van der Waals surface area contributed by atoms with E-state index in [1.807, 2.05) is 55.5 Å². The molecule has 2 heterocycles. The van der Waals surface area contributed by atoms with Gasteiger partial charge in [-0.05, 0) is 37.1 Å². The van der Waals surface area contributed by atoms with E-state index in [9.17, 15) is 9.59 Å². The highest BCUT2D eigenvalue weighted by atomic mass is 16.5. The van der Waals surface area contributed by atoms with Gasteiger partial charge in [0.05, 0.1) is 12.8 Å². The first-order valence-electron chi connectivity index (χ1n) is 10.00. The SMILES string of the molecule is CCOc1ccc(CCNC(=O)Cn2c3ccccc3c3cnn(C)c(=O)c32)cc1. The Bertz CT molecular complexity index is 1260. The van der Waals surface area contributed by atoms with E-state index in [1.165, 1.54) is 4.68 Å². The molecule has 30 heavy (non-hydrogen) atoms. The van der Waals surface area contributed by atoms with Gasteiger partial charge in [0.15, 0.2) is 0 Å². The van der Waals surface area contributed by atoms with E-state index < -0.39 is 0 Å². The third kappa shape index (κ3) is 3.78. The van der Waals surface area contributed by atoms with Crippen LogP contribution < -0.4 is 15.6 Å². The third-order valence-corrected chi connectivity index (χ3v) is 5.14. The fourth-order valence-electron chi connectivity index (χ4n) is 3.67. The van der Waals surface area contributed by atoms with E-state index in [0.717, 1.165) is 34.0 Å². The molecule has 0 radical (unpaired) electrons. The van der Waals surface area contributed by atoms with Crippen LogP contribution in [0.25, 0.3) is 21.8 Å². The quantitative estimate of drug-likeness (QED) is 0.514. The summed E-state index contributed by atoms with van der Waals surface area (Å²) in [5, 5.41) is 8.77. The molecule has 0 saturated carbocycles. The van der Waals surface area contributed by atoms with Crippen molar-refractivity contribution in [1.29, 1.82) is 0 Å². The average molecular weight is 404 g/mol. The number of hydrogen-bond donors (Lipinski definition) is 1. The van der Waals surface area contributed by atoms with Crippen molar-refractivity contribution in [3.05, 3.63) is 70.6 Å². The van der Waals surface area contributed by atoms with Crippen molar-refractivity contribution in [2.45, 2.75) is 19.9 Å². The summed E-state index contributed by atoms with van der Waals surface area (Å²) in [4.78, 5) is 25.4. The average Bonchev–Trinajstić information content (AvgIpc) is 3.06. The van der Waals surface area contributed by atoms with E-state index >= 15 is 0 Å². The van der Waals surface area contributed by atoms with E-state index in [2.05, 4.69) is 10.4 Å². The van der Waals surface area contributed by atoms with E-state index in [4.69, 9.17) is 4.74 Å². The molecular formula is C23H24N4O3. The van der Waals surface area contributed by atoms with Crippen molar-refractivity contribution < 1.29 is 9.53 Å². The van der Waals surface area contributed by atoms with Crippen LogP contribution in [-0.2, 0) is 24.8 Å². The molecule has 7 heteroatoms. The number of amides is 1. The largest absolute Gasteiger partial charge is 0.494 e. The molecule has 4 aromatic rings. The lowest BCUT2D eigenvalue weighted by Gasteiger charge is -2.09. The van der Waals surface area contributed by atoms with Crippen LogP contribution in [-0.4, -0.2) is 33.4 Å². The summed E-state index contributed by atoms with van der Waals surface area (Å²) in [6, 6.07) is 15.5. The normalized spacial score (nSPS) is 11.1. The lowest BCUT2D eigenvalue weighted by molar-refractivity contribution is -0.121. The van der Waals surface area contributed by atoms with E-state index in [0.29, 0.717) is 18.7 Å². The predicted octanol–water partition coefficient (Wildman–Crippen LogP) is 2.65. The minimum Gasteiger partial charge on any atom is -0.494 e. The van der Waals surface area contributed by atoms with Gasteiger partial charge in [0.2, 0.25) is 5.91 Å². The number of benzene rings is 2. The Morgan fingerprint density at radius 2 is 1.87 bits per heavy atom. The van der Waals surface area contributed by atoms with Crippen molar-refractivity contribution in [1.82, 2.24) is 19.7 Å². The van der Waals surface area contributed by atoms with Gasteiger partial charge in [-0.3, -0.25) is 9.59 Å².